The molecule has 2 aliphatic rings. The molecule has 2 aliphatic heterocycles. The fraction of sp³-hybridized carbons (Fsp3) is 0.889. The number of piperidine rings is 2. The van der Waals surface area contributed by atoms with E-state index in [2.05, 4.69) is 10.6 Å². The molecule has 2 bridgehead atoms. The molecular weight excluding hydrogens is 152 g/mol. The summed E-state index contributed by atoms with van der Waals surface area (Å²) in [5.74, 6) is 0.438. The van der Waals surface area contributed by atoms with Gasteiger partial charge in [0.05, 0.1) is 10.8 Å². The van der Waals surface area contributed by atoms with Gasteiger partial charge in [-0.25, -0.2) is 0 Å². The van der Waals surface area contributed by atoms with Crippen LogP contribution in [-0.4, -0.2) is 32.0 Å². The number of hydrogen-bond acceptors (Lipinski definition) is 3. The largest absolute Gasteiger partial charge is 0.315 e. The molecule has 0 aromatic rings. The van der Waals surface area contributed by atoms with Crippen molar-refractivity contribution in [2.75, 3.05) is 26.2 Å². The molecule has 2 fully saturated rings. The lowest BCUT2D eigenvalue weighted by Crippen LogP contribution is -2.66. The molecule has 0 saturated carbocycles. The summed E-state index contributed by atoms with van der Waals surface area (Å²) in [5.41, 5.74) is -0.323. The van der Waals surface area contributed by atoms with Gasteiger partial charge in [-0.2, -0.15) is 0 Å². The molecule has 2 heterocycles. The van der Waals surface area contributed by atoms with E-state index in [4.69, 9.17) is 0 Å². The molecule has 2 rings (SSSR count). The normalized spacial score (nSPS) is 47.7. The smallest absolute Gasteiger partial charge is 0.149 e. The number of Topliss-reactive ketones (excluding diaryl/α,β-unsaturated/α-hetero) is 1. The van der Waals surface area contributed by atoms with Gasteiger partial charge in [0.2, 0.25) is 0 Å². The number of fused-ring (bicyclic) bond motifs is 2. The van der Waals surface area contributed by atoms with Gasteiger partial charge in [-0.15, -0.1) is 0 Å². The Morgan fingerprint density at radius 2 is 1.33 bits per heavy atom. The highest BCUT2D eigenvalue weighted by atomic mass is 16.1. The minimum absolute atomic E-state index is 0.161. The van der Waals surface area contributed by atoms with Gasteiger partial charge >= 0.3 is 0 Å². The van der Waals surface area contributed by atoms with Crippen LogP contribution in [0.25, 0.3) is 0 Å². The SMILES string of the molecule is CC12CNCC(C)(CNC1)C2=O. The summed E-state index contributed by atoms with van der Waals surface area (Å²) in [6.07, 6.45) is 0. The van der Waals surface area contributed by atoms with E-state index < -0.39 is 0 Å². The lowest BCUT2D eigenvalue weighted by Gasteiger charge is -2.48. The van der Waals surface area contributed by atoms with E-state index in [1.54, 1.807) is 0 Å². The van der Waals surface area contributed by atoms with Crippen LogP contribution >= 0.6 is 0 Å². The summed E-state index contributed by atoms with van der Waals surface area (Å²) in [6, 6.07) is 0. The van der Waals surface area contributed by atoms with Gasteiger partial charge in [-0.05, 0) is 0 Å². The Morgan fingerprint density at radius 3 is 1.58 bits per heavy atom. The van der Waals surface area contributed by atoms with Crippen molar-refractivity contribution in [3.63, 3.8) is 0 Å². The molecule has 0 aromatic heterocycles. The zero-order valence-corrected chi connectivity index (χ0v) is 7.74. The number of carbonyl (C=O) groups excluding carboxylic acids is 1. The zero-order valence-electron chi connectivity index (χ0n) is 7.74. The second-order valence-corrected chi connectivity index (χ2v) is 4.66. The third kappa shape index (κ3) is 0.930. The summed E-state index contributed by atoms with van der Waals surface area (Å²) < 4.78 is 0. The van der Waals surface area contributed by atoms with Gasteiger partial charge in [0, 0.05) is 26.2 Å². The second-order valence-electron chi connectivity index (χ2n) is 4.66. The first kappa shape index (κ1) is 8.20. The maximum absolute atomic E-state index is 12.0. The van der Waals surface area contributed by atoms with Crippen molar-refractivity contribution in [1.29, 1.82) is 0 Å². The van der Waals surface area contributed by atoms with Crippen LogP contribution < -0.4 is 10.6 Å². The maximum atomic E-state index is 12.0. The third-order valence-corrected chi connectivity index (χ3v) is 3.16. The van der Waals surface area contributed by atoms with E-state index in [0.29, 0.717) is 5.78 Å². The molecule has 0 amide bonds. The number of carbonyl (C=O) groups is 1. The third-order valence-electron chi connectivity index (χ3n) is 3.16. The molecule has 0 aromatic carbocycles. The first-order chi connectivity index (χ1) is 5.57. The van der Waals surface area contributed by atoms with Crippen molar-refractivity contribution in [3.05, 3.63) is 0 Å². The second kappa shape index (κ2) is 2.30. The highest BCUT2D eigenvalue weighted by Crippen LogP contribution is 2.35. The van der Waals surface area contributed by atoms with Gasteiger partial charge in [0.15, 0.2) is 0 Å². The quantitative estimate of drug-likeness (QED) is 0.525. The highest BCUT2D eigenvalue weighted by Gasteiger charge is 2.50. The molecule has 0 atom stereocenters. The maximum Gasteiger partial charge on any atom is 0.149 e. The Balaban J connectivity index is 2.33. The van der Waals surface area contributed by atoms with Crippen LogP contribution in [-0.2, 0) is 4.79 Å². The number of hydrogen-bond donors (Lipinski definition) is 2. The summed E-state index contributed by atoms with van der Waals surface area (Å²) in [7, 11) is 0. The van der Waals surface area contributed by atoms with E-state index in [-0.39, 0.29) is 10.8 Å². The van der Waals surface area contributed by atoms with Gasteiger partial charge in [-0.1, -0.05) is 13.8 Å². The Bertz CT molecular complexity index is 195. The fourth-order valence-corrected chi connectivity index (χ4v) is 2.40. The van der Waals surface area contributed by atoms with Crippen LogP contribution in [0.2, 0.25) is 0 Å². The predicted molar refractivity (Wildman–Crippen MR) is 47.0 cm³/mol. The number of rotatable bonds is 0. The van der Waals surface area contributed by atoms with Crippen LogP contribution in [0.1, 0.15) is 13.8 Å². The predicted octanol–water partition coefficient (Wildman–Crippen LogP) is -0.225. The van der Waals surface area contributed by atoms with Crippen molar-refractivity contribution in [1.82, 2.24) is 10.6 Å². The van der Waals surface area contributed by atoms with Gasteiger partial charge in [0.25, 0.3) is 0 Å². The summed E-state index contributed by atoms with van der Waals surface area (Å²) in [5, 5.41) is 6.67. The summed E-state index contributed by atoms with van der Waals surface area (Å²) in [4.78, 5) is 12.0. The molecule has 68 valence electrons. The first-order valence-electron chi connectivity index (χ1n) is 4.53. The Morgan fingerprint density at radius 1 is 1.00 bits per heavy atom. The monoisotopic (exact) mass is 168 g/mol. The van der Waals surface area contributed by atoms with E-state index in [9.17, 15) is 4.79 Å². The number of nitrogens with one attached hydrogen (secondary N) is 2. The van der Waals surface area contributed by atoms with Crippen molar-refractivity contribution >= 4 is 5.78 Å². The van der Waals surface area contributed by atoms with E-state index >= 15 is 0 Å². The average molecular weight is 168 g/mol. The van der Waals surface area contributed by atoms with E-state index in [0.717, 1.165) is 26.2 Å². The van der Waals surface area contributed by atoms with Crippen molar-refractivity contribution < 1.29 is 4.79 Å². The standard InChI is InChI=1S/C9H16N2O/c1-8-3-10-5-9(2,7(8)12)6-11-4-8/h10-11H,3-6H2,1-2H3. The Kier molecular flexibility index (Phi) is 1.57. The fourth-order valence-electron chi connectivity index (χ4n) is 2.40. The molecule has 2 saturated heterocycles. The van der Waals surface area contributed by atoms with Crippen LogP contribution in [0.15, 0.2) is 0 Å². The van der Waals surface area contributed by atoms with Crippen LogP contribution in [0.3, 0.4) is 0 Å². The minimum atomic E-state index is -0.161. The number of ketones is 1. The van der Waals surface area contributed by atoms with Crippen LogP contribution in [0.4, 0.5) is 0 Å². The van der Waals surface area contributed by atoms with Gasteiger partial charge < -0.3 is 10.6 Å². The van der Waals surface area contributed by atoms with Gasteiger partial charge in [0.1, 0.15) is 5.78 Å². The molecule has 3 heteroatoms. The summed E-state index contributed by atoms with van der Waals surface area (Å²) >= 11 is 0. The molecule has 0 radical (unpaired) electrons. The minimum Gasteiger partial charge on any atom is -0.315 e. The van der Waals surface area contributed by atoms with Crippen molar-refractivity contribution in [2.45, 2.75) is 13.8 Å². The Hall–Kier alpha value is -0.410. The van der Waals surface area contributed by atoms with Crippen molar-refractivity contribution in [3.8, 4) is 0 Å². The van der Waals surface area contributed by atoms with Crippen molar-refractivity contribution in [2.24, 2.45) is 10.8 Å². The topological polar surface area (TPSA) is 41.1 Å². The van der Waals surface area contributed by atoms with Gasteiger partial charge in [-0.3, -0.25) is 4.79 Å². The van der Waals surface area contributed by atoms with Crippen LogP contribution in [0.5, 0.6) is 0 Å². The van der Waals surface area contributed by atoms with E-state index in [1.807, 2.05) is 13.8 Å². The van der Waals surface area contributed by atoms with E-state index in [1.165, 1.54) is 0 Å². The molecular formula is C9H16N2O. The molecule has 2 N–H and O–H groups in total. The summed E-state index contributed by atoms with van der Waals surface area (Å²) in [6.45, 7) is 7.41. The lowest BCUT2D eigenvalue weighted by atomic mass is 9.66. The average Bonchev–Trinajstić information content (AvgIpc) is 1.97. The lowest BCUT2D eigenvalue weighted by molar-refractivity contribution is -0.143. The Labute approximate surface area is 72.9 Å². The molecule has 12 heavy (non-hydrogen) atoms. The molecule has 0 spiro atoms. The highest BCUT2D eigenvalue weighted by molar-refractivity contribution is 5.92. The zero-order chi connectivity index (χ0) is 8.82. The molecule has 3 nitrogen and oxygen atoms in total. The molecule has 0 unspecified atom stereocenters. The molecule has 0 aliphatic carbocycles. The first-order valence-corrected chi connectivity index (χ1v) is 4.53. The van der Waals surface area contributed by atoms with Crippen LogP contribution in [0, 0.1) is 10.8 Å².